The van der Waals surface area contributed by atoms with Crippen LogP contribution in [0, 0.1) is 0 Å². The molecule has 0 fully saturated rings. The van der Waals surface area contributed by atoms with Gasteiger partial charge in [-0.1, -0.05) is 0 Å². The lowest BCUT2D eigenvalue weighted by atomic mass is 10.2. The van der Waals surface area contributed by atoms with Gasteiger partial charge >= 0.3 is 0 Å². The normalized spacial score (nSPS) is 13.1. The summed E-state index contributed by atoms with van der Waals surface area (Å²) < 4.78 is 0. The number of rotatable bonds is 5. The average molecular weight is 176 g/mol. The fraction of sp³-hybridized carbons (Fsp3) is 0.857. The van der Waals surface area contributed by atoms with Crippen molar-refractivity contribution in [2.75, 3.05) is 13.6 Å². The molecule has 0 aromatic rings. The first kappa shape index (κ1) is 11.4. The minimum Gasteiger partial charge on any atom is -0.368 e. The minimum absolute atomic E-state index is 0.00231. The Morgan fingerprint density at radius 3 is 2.42 bits per heavy atom. The molecular weight excluding hydrogens is 160 g/mol. The van der Waals surface area contributed by atoms with Gasteiger partial charge in [-0.3, -0.25) is 4.79 Å². The van der Waals surface area contributed by atoms with Crippen molar-refractivity contribution in [2.45, 2.75) is 25.7 Å². The number of hydrogen-bond donors (Lipinski definition) is 4. The molecule has 0 radical (unpaired) electrons. The van der Waals surface area contributed by atoms with Crippen LogP contribution in [-0.4, -0.2) is 42.0 Å². The lowest BCUT2D eigenvalue weighted by Crippen LogP contribution is -2.44. The van der Waals surface area contributed by atoms with Crippen LogP contribution in [0.1, 0.15) is 13.3 Å². The molecule has 1 atom stereocenters. The van der Waals surface area contributed by atoms with E-state index in [2.05, 4.69) is 10.6 Å². The number of aliphatic hydroxyl groups is 2. The Hall–Kier alpha value is -0.650. The zero-order valence-electron chi connectivity index (χ0n) is 7.37. The third kappa shape index (κ3) is 4.27. The number of amides is 1. The van der Waals surface area contributed by atoms with Crippen LogP contribution < -0.4 is 10.6 Å². The second kappa shape index (κ2) is 5.93. The van der Waals surface area contributed by atoms with Crippen LogP contribution in [0.5, 0.6) is 0 Å². The third-order valence-corrected chi connectivity index (χ3v) is 1.46. The Morgan fingerprint density at radius 2 is 2.08 bits per heavy atom. The summed E-state index contributed by atoms with van der Waals surface area (Å²) in [5, 5.41) is 22.5. The maximum Gasteiger partial charge on any atom is 0.237 e. The van der Waals surface area contributed by atoms with Gasteiger partial charge in [-0.05, 0) is 14.0 Å². The van der Waals surface area contributed by atoms with Crippen LogP contribution in [0.2, 0.25) is 0 Å². The van der Waals surface area contributed by atoms with Crippen LogP contribution in [0.3, 0.4) is 0 Å². The zero-order valence-corrected chi connectivity index (χ0v) is 7.37. The predicted octanol–water partition coefficient (Wildman–Crippen LogP) is -1.59. The molecule has 4 N–H and O–H groups in total. The molecule has 0 saturated heterocycles. The van der Waals surface area contributed by atoms with Gasteiger partial charge < -0.3 is 20.8 Å². The van der Waals surface area contributed by atoms with E-state index in [-0.39, 0.29) is 12.3 Å². The number of likely N-dealkylation sites (N-methyl/N-ethyl adjacent to an activating group) is 2. The second-order valence-electron chi connectivity index (χ2n) is 2.45. The first-order chi connectivity index (χ1) is 5.61. The monoisotopic (exact) mass is 176 g/mol. The molecule has 5 heteroatoms. The van der Waals surface area contributed by atoms with E-state index >= 15 is 0 Å². The molecule has 0 heterocycles. The topological polar surface area (TPSA) is 81.6 Å². The average Bonchev–Trinajstić information content (AvgIpc) is 2.00. The van der Waals surface area contributed by atoms with Gasteiger partial charge in [0.05, 0.1) is 6.04 Å². The van der Waals surface area contributed by atoms with E-state index in [1.807, 2.05) is 0 Å². The first-order valence-corrected chi connectivity index (χ1v) is 3.93. The van der Waals surface area contributed by atoms with Gasteiger partial charge in [0.2, 0.25) is 5.91 Å². The van der Waals surface area contributed by atoms with E-state index in [0.29, 0.717) is 6.54 Å². The molecule has 0 bridgehead atoms. The van der Waals surface area contributed by atoms with Crippen molar-refractivity contribution < 1.29 is 15.0 Å². The number of carbonyl (C=O) groups excluding carboxylic acids is 1. The Balaban J connectivity index is 3.87. The first-order valence-electron chi connectivity index (χ1n) is 3.93. The molecule has 0 aliphatic heterocycles. The Kier molecular flexibility index (Phi) is 5.61. The molecule has 0 aromatic carbocycles. The minimum atomic E-state index is -1.45. The molecule has 1 unspecified atom stereocenters. The largest absolute Gasteiger partial charge is 0.368 e. The number of aliphatic hydroxyl groups excluding tert-OH is 1. The molecule has 72 valence electrons. The maximum atomic E-state index is 11.1. The molecular formula is C7H16N2O3. The summed E-state index contributed by atoms with van der Waals surface area (Å²) in [5.74, 6) is -0.215. The van der Waals surface area contributed by atoms with Crippen molar-refractivity contribution >= 4 is 5.91 Å². The number of hydrogen-bond acceptors (Lipinski definition) is 4. The van der Waals surface area contributed by atoms with Crippen molar-refractivity contribution in [3.05, 3.63) is 0 Å². The molecule has 0 saturated carbocycles. The molecule has 0 spiro atoms. The van der Waals surface area contributed by atoms with Crippen LogP contribution in [0.25, 0.3) is 0 Å². The molecule has 1 amide bonds. The molecule has 0 aliphatic rings. The van der Waals surface area contributed by atoms with Crippen LogP contribution in [0.4, 0.5) is 0 Å². The van der Waals surface area contributed by atoms with Gasteiger partial charge in [0.1, 0.15) is 0 Å². The summed E-state index contributed by atoms with van der Waals surface area (Å²) in [5.41, 5.74) is 0. The van der Waals surface area contributed by atoms with E-state index in [0.717, 1.165) is 0 Å². The Labute approximate surface area is 71.8 Å². The highest BCUT2D eigenvalue weighted by Crippen LogP contribution is 1.94. The predicted molar refractivity (Wildman–Crippen MR) is 44.4 cm³/mol. The Bertz CT molecular complexity index is 139. The highest BCUT2D eigenvalue weighted by atomic mass is 16.5. The summed E-state index contributed by atoms with van der Waals surface area (Å²) >= 11 is 0. The van der Waals surface area contributed by atoms with Crippen molar-refractivity contribution in [2.24, 2.45) is 0 Å². The van der Waals surface area contributed by atoms with Crippen LogP contribution in [-0.2, 0) is 4.79 Å². The van der Waals surface area contributed by atoms with Gasteiger partial charge in [0.25, 0.3) is 0 Å². The smallest absolute Gasteiger partial charge is 0.237 e. The molecule has 12 heavy (non-hydrogen) atoms. The number of carbonyl (C=O) groups is 1. The van der Waals surface area contributed by atoms with Gasteiger partial charge in [-0.2, -0.15) is 0 Å². The summed E-state index contributed by atoms with van der Waals surface area (Å²) in [7, 11) is 1.60. The highest BCUT2D eigenvalue weighted by molar-refractivity contribution is 5.81. The Morgan fingerprint density at radius 1 is 1.50 bits per heavy atom. The van der Waals surface area contributed by atoms with E-state index in [9.17, 15) is 4.79 Å². The van der Waals surface area contributed by atoms with E-state index < -0.39 is 12.3 Å². The highest BCUT2D eigenvalue weighted by Gasteiger charge is 2.17. The van der Waals surface area contributed by atoms with Crippen molar-refractivity contribution in [1.82, 2.24) is 10.6 Å². The van der Waals surface area contributed by atoms with E-state index in [1.54, 1.807) is 14.0 Å². The van der Waals surface area contributed by atoms with Gasteiger partial charge in [-0.15, -0.1) is 0 Å². The van der Waals surface area contributed by atoms with E-state index in [1.165, 1.54) is 0 Å². The van der Waals surface area contributed by atoms with Gasteiger partial charge in [0, 0.05) is 13.0 Å². The lowest BCUT2D eigenvalue weighted by Gasteiger charge is -2.15. The number of nitrogens with one attached hydrogen (secondary N) is 2. The van der Waals surface area contributed by atoms with Gasteiger partial charge in [0.15, 0.2) is 6.29 Å². The summed E-state index contributed by atoms with van der Waals surface area (Å²) in [4.78, 5) is 11.1. The summed E-state index contributed by atoms with van der Waals surface area (Å²) in [6.45, 7) is 2.35. The van der Waals surface area contributed by atoms with E-state index in [4.69, 9.17) is 10.2 Å². The van der Waals surface area contributed by atoms with Crippen molar-refractivity contribution in [3.63, 3.8) is 0 Å². The molecule has 5 nitrogen and oxygen atoms in total. The van der Waals surface area contributed by atoms with Crippen LogP contribution >= 0.6 is 0 Å². The van der Waals surface area contributed by atoms with Crippen molar-refractivity contribution in [3.8, 4) is 0 Å². The zero-order chi connectivity index (χ0) is 9.56. The SMILES string of the molecule is CCNC(=O)C(CC(O)O)NC. The molecule has 0 aromatic heterocycles. The standard InChI is InChI=1S/C7H16N2O3/c1-3-9-7(12)5(8-2)4-6(10)11/h5-6,8,10-11H,3-4H2,1-2H3,(H,9,12). The quantitative estimate of drug-likeness (QED) is 0.381. The summed E-state index contributed by atoms with van der Waals surface area (Å²) in [6.07, 6.45) is -1.45. The maximum absolute atomic E-state index is 11.1. The third-order valence-electron chi connectivity index (χ3n) is 1.46. The molecule has 0 aliphatic carbocycles. The fourth-order valence-corrected chi connectivity index (χ4v) is 0.864. The fourth-order valence-electron chi connectivity index (χ4n) is 0.864. The lowest BCUT2D eigenvalue weighted by molar-refractivity contribution is -0.126. The second-order valence-corrected chi connectivity index (χ2v) is 2.45. The van der Waals surface area contributed by atoms with Crippen molar-refractivity contribution in [1.29, 1.82) is 0 Å². The van der Waals surface area contributed by atoms with Crippen LogP contribution in [0.15, 0.2) is 0 Å². The van der Waals surface area contributed by atoms with Gasteiger partial charge in [-0.25, -0.2) is 0 Å². The molecule has 0 rings (SSSR count). The summed E-state index contributed by atoms with van der Waals surface area (Å²) in [6, 6.07) is -0.537.